The van der Waals surface area contributed by atoms with Gasteiger partial charge < -0.3 is 0 Å². The Labute approximate surface area is 119 Å². The highest BCUT2D eigenvalue weighted by atomic mass is 35.5. The van der Waals surface area contributed by atoms with E-state index in [0.717, 1.165) is 25.5 Å². The Bertz CT molecular complexity index is 564. The van der Waals surface area contributed by atoms with E-state index in [2.05, 4.69) is 34.3 Å². The number of hydrogen-bond donors (Lipinski definition) is 0. The van der Waals surface area contributed by atoms with E-state index >= 15 is 0 Å². The maximum atomic E-state index is 6.00. The van der Waals surface area contributed by atoms with Crippen LogP contribution in [0.1, 0.15) is 18.5 Å². The Hall–Kier alpha value is -1.06. The van der Waals surface area contributed by atoms with Gasteiger partial charge >= 0.3 is 0 Å². The molecule has 1 atom stereocenters. The Morgan fingerprint density at radius 3 is 3.05 bits per heavy atom. The van der Waals surface area contributed by atoms with Gasteiger partial charge in [-0.15, -0.1) is 11.6 Å². The van der Waals surface area contributed by atoms with Crippen LogP contribution < -0.4 is 0 Å². The Balaban J connectivity index is 1.81. The zero-order chi connectivity index (χ0) is 13.2. The summed E-state index contributed by atoms with van der Waals surface area (Å²) in [5.74, 6) is 1.42. The van der Waals surface area contributed by atoms with Crippen LogP contribution in [0.5, 0.6) is 0 Å². The third-order valence-corrected chi connectivity index (χ3v) is 4.47. The van der Waals surface area contributed by atoms with Crippen LogP contribution in [-0.4, -0.2) is 33.6 Å². The molecule has 0 N–H and O–H groups in total. The van der Waals surface area contributed by atoms with Gasteiger partial charge in [0.15, 0.2) is 0 Å². The fourth-order valence-corrected chi connectivity index (χ4v) is 3.29. The third kappa shape index (κ3) is 2.63. The molecule has 1 aliphatic heterocycles. The molecule has 0 aliphatic carbocycles. The van der Waals surface area contributed by atoms with Gasteiger partial charge in [0.05, 0.1) is 11.2 Å². The number of hydrogen-bond acceptors (Lipinski definition) is 2. The minimum absolute atomic E-state index is 0.644. The molecule has 1 aromatic heterocycles. The highest BCUT2D eigenvalue weighted by Crippen LogP contribution is 2.23. The maximum Gasteiger partial charge on any atom is 0.0843 e. The van der Waals surface area contributed by atoms with Gasteiger partial charge in [-0.05, 0) is 31.4 Å². The van der Waals surface area contributed by atoms with Gasteiger partial charge in [0.25, 0.3) is 0 Å². The van der Waals surface area contributed by atoms with Crippen LogP contribution in [0.3, 0.4) is 0 Å². The summed E-state index contributed by atoms with van der Waals surface area (Å²) in [6, 6.07) is 8.45. The minimum Gasteiger partial charge on any atom is -0.297 e. The van der Waals surface area contributed by atoms with Crippen LogP contribution in [0.25, 0.3) is 10.9 Å². The second-order valence-corrected chi connectivity index (χ2v) is 5.79. The van der Waals surface area contributed by atoms with Crippen LogP contribution in [0.4, 0.5) is 0 Å². The lowest BCUT2D eigenvalue weighted by Crippen LogP contribution is -2.35. The van der Waals surface area contributed by atoms with Crippen LogP contribution >= 0.6 is 11.6 Å². The van der Waals surface area contributed by atoms with E-state index in [-0.39, 0.29) is 0 Å². The number of piperidine rings is 1. The highest BCUT2D eigenvalue weighted by molar-refractivity contribution is 6.18. The molecule has 0 bridgehead atoms. The molecule has 3 rings (SSSR count). The summed E-state index contributed by atoms with van der Waals surface area (Å²) in [6.07, 6.45) is 2.52. The Kier molecular flexibility index (Phi) is 3.76. The first-order valence-electron chi connectivity index (χ1n) is 6.97. The van der Waals surface area contributed by atoms with Gasteiger partial charge in [-0.2, -0.15) is 5.10 Å². The molecule has 1 fully saturated rings. The molecule has 102 valence electrons. The summed E-state index contributed by atoms with van der Waals surface area (Å²) in [5.41, 5.74) is 2.40. The van der Waals surface area contributed by atoms with Crippen molar-refractivity contribution in [3.05, 3.63) is 30.0 Å². The van der Waals surface area contributed by atoms with Crippen molar-refractivity contribution in [2.24, 2.45) is 13.0 Å². The largest absolute Gasteiger partial charge is 0.297 e. The maximum absolute atomic E-state index is 6.00. The number of para-hydroxylation sites is 1. The van der Waals surface area contributed by atoms with E-state index in [9.17, 15) is 0 Å². The number of nitrogens with zero attached hydrogens (tertiary/aromatic N) is 3. The monoisotopic (exact) mass is 277 g/mol. The van der Waals surface area contributed by atoms with Crippen molar-refractivity contribution in [1.29, 1.82) is 0 Å². The van der Waals surface area contributed by atoms with Gasteiger partial charge in [0.2, 0.25) is 0 Å². The van der Waals surface area contributed by atoms with Crippen molar-refractivity contribution >= 4 is 22.5 Å². The molecule has 3 nitrogen and oxygen atoms in total. The Morgan fingerprint density at radius 1 is 1.37 bits per heavy atom. The van der Waals surface area contributed by atoms with Crippen molar-refractivity contribution in [1.82, 2.24) is 14.7 Å². The summed E-state index contributed by atoms with van der Waals surface area (Å²) in [6.45, 7) is 3.21. The zero-order valence-corrected chi connectivity index (χ0v) is 12.1. The van der Waals surface area contributed by atoms with E-state index < -0.39 is 0 Å². The molecular formula is C15H20ClN3. The summed E-state index contributed by atoms with van der Waals surface area (Å²) in [4.78, 5) is 2.49. The molecule has 1 unspecified atom stereocenters. The third-order valence-electron chi connectivity index (χ3n) is 4.03. The summed E-state index contributed by atoms with van der Waals surface area (Å²) < 4.78 is 1.98. The molecule has 0 spiro atoms. The number of benzene rings is 1. The molecule has 2 aromatic rings. The van der Waals surface area contributed by atoms with Crippen molar-refractivity contribution in [2.75, 3.05) is 19.0 Å². The first-order valence-corrected chi connectivity index (χ1v) is 7.50. The number of alkyl halides is 1. The van der Waals surface area contributed by atoms with Crippen LogP contribution in [0, 0.1) is 5.92 Å². The van der Waals surface area contributed by atoms with Crippen molar-refractivity contribution in [3.8, 4) is 0 Å². The van der Waals surface area contributed by atoms with Crippen molar-refractivity contribution in [2.45, 2.75) is 19.4 Å². The van der Waals surface area contributed by atoms with Gasteiger partial charge in [-0.3, -0.25) is 9.58 Å². The standard InChI is InChI=1S/C15H20ClN3/c1-18-15-7-3-2-6-13(15)14(17-18)11-19-8-4-5-12(9-16)10-19/h2-3,6-7,12H,4-5,8-11H2,1H3. The van der Waals surface area contributed by atoms with Crippen molar-refractivity contribution < 1.29 is 0 Å². The number of aryl methyl sites for hydroxylation is 1. The van der Waals surface area contributed by atoms with Crippen LogP contribution in [-0.2, 0) is 13.6 Å². The smallest absolute Gasteiger partial charge is 0.0843 e. The summed E-state index contributed by atoms with van der Waals surface area (Å²) in [7, 11) is 2.02. The normalized spacial score (nSPS) is 21.1. The molecule has 1 aromatic carbocycles. The van der Waals surface area contributed by atoms with E-state index in [4.69, 9.17) is 11.6 Å². The summed E-state index contributed by atoms with van der Waals surface area (Å²) in [5, 5.41) is 5.95. The first kappa shape index (κ1) is 12.9. The number of likely N-dealkylation sites (tertiary alicyclic amines) is 1. The van der Waals surface area contributed by atoms with Gasteiger partial charge in [0.1, 0.15) is 0 Å². The van der Waals surface area contributed by atoms with E-state index in [0.29, 0.717) is 5.92 Å². The summed E-state index contributed by atoms with van der Waals surface area (Å²) >= 11 is 6.00. The zero-order valence-electron chi connectivity index (χ0n) is 11.3. The molecule has 1 aliphatic rings. The molecule has 0 amide bonds. The molecule has 0 radical (unpaired) electrons. The van der Waals surface area contributed by atoms with Gasteiger partial charge in [-0.1, -0.05) is 18.2 Å². The predicted molar refractivity (Wildman–Crippen MR) is 79.4 cm³/mol. The molecule has 4 heteroatoms. The van der Waals surface area contributed by atoms with Crippen LogP contribution in [0.15, 0.2) is 24.3 Å². The van der Waals surface area contributed by atoms with E-state index in [1.165, 1.54) is 29.4 Å². The quantitative estimate of drug-likeness (QED) is 0.804. The number of fused-ring (bicyclic) bond motifs is 1. The average molecular weight is 278 g/mol. The average Bonchev–Trinajstić information content (AvgIpc) is 2.76. The van der Waals surface area contributed by atoms with E-state index in [1.807, 2.05) is 11.7 Å². The van der Waals surface area contributed by atoms with Crippen LogP contribution in [0.2, 0.25) is 0 Å². The second-order valence-electron chi connectivity index (χ2n) is 5.49. The SMILES string of the molecule is Cn1nc(CN2CCCC(CCl)C2)c2ccccc21. The minimum atomic E-state index is 0.644. The van der Waals surface area contributed by atoms with Gasteiger partial charge in [0, 0.05) is 31.4 Å². The number of rotatable bonds is 3. The Morgan fingerprint density at radius 2 is 2.21 bits per heavy atom. The lowest BCUT2D eigenvalue weighted by Gasteiger charge is -2.31. The number of aromatic nitrogens is 2. The lowest BCUT2D eigenvalue weighted by atomic mass is 10.00. The fraction of sp³-hybridized carbons (Fsp3) is 0.533. The molecule has 19 heavy (non-hydrogen) atoms. The number of halogens is 1. The fourth-order valence-electron chi connectivity index (χ4n) is 3.04. The molecule has 1 saturated heterocycles. The first-order chi connectivity index (χ1) is 9.28. The molecule has 2 heterocycles. The lowest BCUT2D eigenvalue weighted by molar-refractivity contribution is 0.176. The topological polar surface area (TPSA) is 21.1 Å². The van der Waals surface area contributed by atoms with Gasteiger partial charge in [-0.25, -0.2) is 0 Å². The van der Waals surface area contributed by atoms with Crippen molar-refractivity contribution in [3.63, 3.8) is 0 Å². The predicted octanol–water partition coefficient (Wildman–Crippen LogP) is 3.02. The highest BCUT2D eigenvalue weighted by Gasteiger charge is 2.20. The molecular weight excluding hydrogens is 258 g/mol. The van der Waals surface area contributed by atoms with E-state index in [1.54, 1.807) is 0 Å². The second kappa shape index (κ2) is 5.51. The molecule has 0 saturated carbocycles.